The Kier molecular flexibility index (Phi) is 8.13. The maximum atomic E-state index is 12.2. The number of ketones is 1. The minimum absolute atomic E-state index is 0.148. The van der Waals surface area contributed by atoms with E-state index in [9.17, 15) is 4.79 Å². The zero-order valence-corrected chi connectivity index (χ0v) is 18.0. The number of hydrogen-bond acceptors (Lipinski definition) is 2. The fraction of sp³-hybridized carbons (Fsp3) is 0.640. The van der Waals surface area contributed by atoms with Gasteiger partial charge in [-0.3, -0.25) is 4.79 Å². The molecule has 0 saturated carbocycles. The van der Waals surface area contributed by atoms with Crippen molar-refractivity contribution in [2.24, 2.45) is 17.3 Å². The SMILES string of the molecule is CCC(C)(C)CCCCOc1ccc(C2=CCC(C(=O)C(C)C)CC2)cc1. The van der Waals surface area contributed by atoms with Crippen LogP contribution in [0.2, 0.25) is 0 Å². The van der Waals surface area contributed by atoms with Gasteiger partial charge in [-0.05, 0) is 67.2 Å². The maximum Gasteiger partial charge on any atom is 0.138 e. The van der Waals surface area contributed by atoms with Gasteiger partial charge in [-0.15, -0.1) is 0 Å². The molecule has 150 valence electrons. The highest BCUT2D eigenvalue weighted by Gasteiger charge is 2.23. The van der Waals surface area contributed by atoms with Gasteiger partial charge in [-0.1, -0.05) is 59.2 Å². The maximum absolute atomic E-state index is 12.2. The quantitative estimate of drug-likeness (QED) is 0.411. The van der Waals surface area contributed by atoms with E-state index in [-0.39, 0.29) is 11.8 Å². The molecule has 0 N–H and O–H groups in total. The average Bonchev–Trinajstić information content (AvgIpc) is 2.67. The minimum Gasteiger partial charge on any atom is -0.494 e. The predicted molar refractivity (Wildman–Crippen MR) is 115 cm³/mol. The van der Waals surface area contributed by atoms with E-state index in [0.29, 0.717) is 11.2 Å². The van der Waals surface area contributed by atoms with E-state index in [2.05, 4.69) is 51.1 Å². The average molecular weight is 371 g/mol. The molecule has 2 heteroatoms. The van der Waals surface area contributed by atoms with Crippen molar-refractivity contribution in [3.8, 4) is 5.75 Å². The van der Waals surface area contributed by atoms with Crippen LogP contribution >= 0.6 is 0 Å². The molecule has 1 atom stereocenters. The van der Waals surface area contributed by atoms with E-state index in [4.69, 9.17) is 4.74 Å². The van der Waals surface area contributed by atoms with Crippen LogP contribution in [0.4, 0.5) is 0 Å². The third-order valence-corrected chi connectivity index (χ3v) is 6.08. The molecule has 2 nitrogen and oxygen atoms in total. The summed E-state index contributed by atoms with van der Waals surface area (Å²) in [7, 11) is 0. The van der Waals surface area contributed by atoms with Gasteiger partial charge >= 0.3 is 0 Å². The van der Waals surface area contributed by atoms with Crippen molar-refractivity contribution >= 4 is 11.4 Å². The zero-order valence-electron chi connectivity index (χ0n) is 18.0. The van der Waals surface area contributed by atoms with Crippen molar-refractivity contribution in [1.82, 2.24) is 0 Å². The van der Waals surface area contributed by atoms with Crippen molar-refractivity contribution in [3.63, 3.8) is 0 Å². The minimum atomic E-state index is 0.148. The topological polar surface area (TPSA) is 26.3 Å². The van der Waals surface area contributed by atoms with E-state index < -0.39 is 0 Å². The predicted octanol–water partition coefficient (Wildman–Crippen LogP) is 7.08. The molecule has 0 spiro atoms. The van der Waals surface area contributed by atoms with Gasteiger partial charge < -0.3 is 4.74 Å². The van der Waals surface area contributed by atoms with Crippen LogP contribution in [0.5, 0.6) is 5.75 Å². The normalized spacial score (nSPS) is 17.7. The Hall–Kier alpha value is -1.57. The summed E-state index contributed by atoms with van der Waals surface area (Å²) in [6.45, 7) is 11.7. The fourth-order valence-corrected chi connectivity index (χ4v) is 3.66. The van der Waals surface area contributed by atoms with Crippen LogP contribution in [-0.4, -0.2) is 12.4 Å². The second-order valence-corrected chi connectivity index (χ2v) is 9.11. The van der Waals surface area contributed by atoms with E-state index >= 15 is 0 Å². The molecule has 1 aromatic carbocycles. The summed E-state index contributed by atoms with van der Waals surface area (Å²) in [5.74, 6) is 1.73. The van der Waals surface area contributed by atoms with Gasteiger partial charge in [0.25, 0.3) is 0 Å². The van der Waals surface area contributed by atoms with E-state index in [1.807, 2.05) is 13.8 Å². The van der Waals surface area contributed by atoms with Gasteiger partial charge in [0.15, 0.2) is 0 Å². The summed E-state index contributed by atoms with van der Waals surface area (Å²) in [5.41, 5.74) is 3.09. The van der Waals surface area contributed by atoms with Crippen molar-refractivity contribution < 1.29 is 9.53 Å². The van der Waals surface area contributed by atoms with Crippen LogP contribution in [0.3, 0.4) is 0 Å². The number of Topliss-reactive ketones (excluding diaryl/α,β-unsaturated/α-hetero) is 1. The molecule has 1 aliphatic rings. The largest absolute Gasteiger partial charge is 0.494 e. The lowest BCUT2D eigenvalue weighted by Gasteiger charge is -2.23. The Morgan fingerprint density at radius 1 is 1.19 bits per heavy atom. The highest BCUT2D eigenvalue weighted by atomic mass is 16.5. The van der Waals surface area contributed by atoms with Crippen LogP contribution in [0.1, 0.15) is 85.1 Å². The molecular weight excluding hydrogens is 332 g/mol. The Labute approximate surface area is 166 Å². The molecule has 1 aliphatic carbocycles. The monoisotopic (exact) mass is 370 g/mol. The van der Waals surface area contributed by atoms with Gasteiger partial charge in [-0.25, -0.2) is 0 Å². The third-order valence-electron chi connectivity index (χ3n) is 6.08. The van der Waals surface area contributed by atoms with Crippen LogP contribution in [0, 0.1) is 17.3 Å². The highest BCUT2D eigenvalue weighted by Crippen LogP contribution is 2.32. The van der Waals surface area contributed by atoms with Crippen molar-refractivity contribution in [2.45, 2.75) is 79.6 Å². The molecule has 0 radical (unpaired) electrons. The molecule has 0 aromatic heterocycles. The lowest BCUT2D eigenvalue weighted by atomic mass is 9.81. The summed E-state index contributed by atoms with van der Waals surface area (Å²) in [6.07, 6.45) is 9.96. The van der Waals surface area contributed by atoms with Crippen molar-refractivity contribution in [2.75, 3.05) is 6.61 Å². The Morgan fingerprint density at radius 2 is 1.89 bits per heavy atom. The smallest absolute Gasteiger partial charge is 0.138 e. The second-order valence-electron chi connectivity index (χ2n) is 9.11. The standard InChI is InChI=1S/C25H38O2/c1-6-25(4,5)17-7-8-18-27-23-15-13-21(14-16-23)20-9-11-22(12-10-20)24(26)19(2)3/h9,13-16,19,22H,6-8,10-12,17-18H2,1-5H3. The van der Waals surface area contributed by atoms with E-state index in [0.717, 1.165) is 38.0 Å². The van der Waals surface area contributed by atoms with Crippen molar-refractivity contribution in [3.05, 3.63) is 35.9 Å². The molecule has 0 saturated heterocycles. The highest BCUT2D eigenvalue weighted by molar-refractivity contribution is 5.84. The fourth-order valence-electron chi connectivity index (χ4n) is 3.66. The van der Waals surface area contributed by atoms with Gasteiger partial charge in [0, 0.05) is 11.8 Å². The first-order valence-corrected chi connectivity index (χ1v) is 10.8. The number of benzene rings is 1. The molecule has 0 heterocycles. The van der Waals surface area contributed by atoms with Crippen LogP contribution < -0.4 is 4.74 Å². The third kappa shape index (κ3) is 6.83. The molecule has 0 bridgehead atoms. The van der Waals surface area contributed by atoms with Crippen LogP contribution in [0.15, 0.2) is 30.3 Å². The number of carbonyl (C=O) groups is 1. The number of unbranched alkanes of at least 4 members (excludes halogenated alkanes) is 1. The molecule has 2 rings (SSSR count). The zero-order chi connectivity index (χ0) is 19.9. The lowest BCUT2D eigenvalue weighted by molar-refractivity contribution is -0.126. The molecule has 1 unspecified atom stereocenters. The summed E-state index contributed by atoms with van der Waals surface area (Å²) < 4.78 is 5.91. The van der Waals surface area contributed by atoms with Gasteiger partial charge in [0.2, 0.25) is 0 Å². The number of rotatable bonds is 10. The van der Waals surface area contributed by atoms with Crippen LogP contribution in [0.25, 0.3) is 5.57 Å². The van der Waals surface area contributed by atoms with Crippen molar-refractivity contribution in [1.29, 1.82) is 0 Å². The first-order valence-electron chi connectivity index (χ1n) is 10.8. The number of ether oxygens (including phenoxy) is 1. The van der Waals surface area contributed by atoms with Gasteiger partial charge in [0.1, 0.15) is 11.5 Å². The second kappa shape index (κ2) is 10.1. The first kappa shape index (κ1) is 21.7. The van der Waals surface area contributed by atoms with Gasteiger partial charge in [-0.2, -0.15) is 0 Å². The molecule has 0 aliphatic heterocycles. The van der Waals surface area contributed by atoms with E-state index in [1.165, 1.54) is 30.4 Å². The van der Waals surface area contributed by atoms with Gasteiger partial charge in [0.05, 0.1) is 6.61 Å². The summed E-state index contributed by atoms with van der Waals surface area (Å²) >= 11 is 0. The summed E-state index contributed by atoms with van der Waals surface area (Å²) in [4.78, 5) is 12.2. The molecule has 1 aromatic rings. The van der Waals surface area contributed by atoms with Crippen LogP contribution in [-0.2, 0) is 4.79 Å². The first-order chi connectivity index (χ1) is 12.8. The number of carbonyl (C=O) groups excluding carboxylic acids is 1. The Morgan fingerprint density at radius 3 is 2.44 bits per heavy atom. The lowest BCUT2D eigenvalue weighted by Crippen LogP contribution is -2.21. The molecule has 0 fully saturated rings. The Balaban J connectivity index is 1.78. The number of allylic oxidation sites excluding steroid dienone is 2. The van der Waals surface area contributed by atoms with E-state index in [1.54, 1.807) is 0 Å². The summed E-state index contributed by atoms with van der Waals surface area (Å²) in [6, 6.07) is 8.48. The molecular formula is C25H38O2. The molecule has 0 amide bonds. The Bertz CT molecular complexity index is 622. The number of hydrogen-bond donors (Lipinski definition) is 0. The molecule has 27 heavy (non-hydrogen) atoms. The summed E-state index contributed by atoms with van der Waals surface area (Å²) in [5, 5.41) is 0.